The molecule has 0 fully saturated rings. The maximum absolute atomic E-state index is 13.2. The number of methoxy groups -OCH3 is 3. The summed E-state index contributed by atoms with van der Waals surface area (Å²) < 4.78 is 16.0. The van der Waals surface area contributed by atoms with E-state index in [-0.39, 0.29) is 30.3 Å². The van der Waals surface area contributed by atoms with Crippen LogP contribution in [0.5, 0.6) is 17.2 Å². The van der Waals surface area contributed by atoms with E-state index in [1.165, 1.54) is 5.01 Å². The summed E-state index contributed by atoms with van der Waals surface area (Å²) in [5, 5.41) is 16.1. The summed E-state index contributed by atoms with van der Waals surface area (Å²) in [6, 6.07) is 12.3. The van der Waals surface area contributed by atoms with Crippen LogP contribution in [0.25, 0.3) is 10.9 Å². The number of carboxylic acid groups (broad SMARTS) is 1. The van der Waals surface area contributed by atoms with E-state index in [4.69, 9.17) is 30.9 Å². The summed E-state index contributed by atoms with van der Waals surface area (Å²) >= 11 is 6.62. The molecule has 1 aliphatic heterocycles. The number of amides is 1. The minimum atomic E-state index is -0.951. The van der Waals surface area contributed by atoms with E-state index in [1.807, 2.05) is 24.3 Å². The van der Waals surface area contributed by atoms with E-state index in [9.17, 15) is 9.59 Å². The van der Waals surface area contributed by atoms with Gasteiger partial charge >= 0.3 is 5.97 Å². The highest BCUT2D eigenvalue weighted by atomic mass is 35.5. The van der Waals surface area contributed by atoms with Gasteiger partial charge in [-0.3, -0.25) is 9.59 Å². The number of carboxylic acids is 1. The molecule has 3 aromatic rings. The summed E-state index contributed by atoms with van der Waals surface area (Å²) in [5.41, 5.74) is 2.76. The number of aromatic nitrogens is 1. The Morgan fingerprint density at radius 1 is 1.03 bits per heavy atom. The average molecular weight is 512 g/mol. The molecule has 1 aliphatic rings. The maximum atomic E-state index is 13.2. The molecule has 0 aliphatic carbocycles. The highest BCUT2D eigenvalue weighted by Gasteiger charge is 2.35. The zero-order valence-corrected chi connectivity index (χ0v) is 20.9. The molecule has 0 saturated heterocycles. The van der Waals surface area contributed by atoms with Crippen molar-refractivity contribution in [1.82, 2.24) is 9.99 Å². The second kappa shape index (κ2) is 10.8. The number of hydrogen-bond acceptors (Lipinski definition) is 7. The van der Waals surface area contributed by atoms with Gasteiger partial charge in [-0.05, 0) is 42.8 Å². The van der Waals surface area contributed by atoms with Crippen molar-refractivity contribution in [3.63, 3.8) is 0 Å². The van der Waals surface area contributed by atoms with E-state index in [0.717, 1.165) is 10.9 Å². The zero-order valence-electron chi connectivity index (χ0n) is 20.2. The Kier molecular flexibility index (Phi) is 7.59. The SMILES string of the molecule is COc1ccc2cc([C@@H]3CC(c4ccc(OC)c(OC)c4)=NN3C(=O)CCCC(=O)O)c(Cl)nc2c1. The number of halogens is 1. The van der Waals surface area contributed by atoms with Gasteiger partial charge in [0.1, 0.15) is 10.9 Å². The topological polar surface area (TPSA) is 111 Å². The van der Waals surface area contributed by atoms with E-state index < -0.39 is 12.0 Å². The van der Waals surface area contributed by atoms with Crippen LogP contribution in [0.2, 0.25) is 5.15 Å². The molecule has 4 rings (SSSR count). The number of nitrogens with zero attached hydrogens (tertiary/aromatic N) is 3. The molecular weight excluding hydrogens is 486 g/mol. The van der Waals surface area contributed by atoms with Crippen LogP contribution in [-0.4, -0.2) is 54.0 Å². The molecule has 0 bridgehead atoms. The fourth-order valence-corrected chi connectivity index (χ4v) is 4.45. The van der Waals surface area contributed by atoms with Gasteiger partial charge in [0.2, 0.25) is 5.91 Å². The van der Waals surface area contributed by atoms with Crippen LogP contribution in [0.15, 0.2) is 47.6 Å². The Balaban J connectivity index is 1.72. The average Bonchev–Trinajstić information content (AvgIpc) is 3.32. The van der Waals surface area contributed by atoms with Crippen LogP contribution in [0.3, 0.4) is 0 Å². The van der Waals surface area contributed by atoms with Crippen molar-refractivity contribution in [3.8, 4) is 17.2 Å². The third kappa shape index (κ3) is 5.21. The number of fused-ring (bicyclic) bond motifs is 1. The molecule has 1 atom stereocenters. The Labute approximate surface area is 213 Å². The van der Waals surface area contributed by atoms with E-state index in [0.29, 0.717) is 40.5 Å². The van der Waals surface area contributed by atoms with Crippen molar-refractivity contribution >= 4 is 40.1 Å². The predicted molar refractivity (Wildman–Crippen MR) is 135 cm³/mol. The second-order valence-corrected chi connectivity index (χ2v) is 8.61. The van der Waals surface area contributed by atoms with Gasteiger partial charge in [-0.15, -0.1) is 0 Å². The third-order valence-corrected chi connectivity index (χ3v) is 6.33. The first-order valence-electron chi connectivity index (χ1n) is 11.3. The predicted octanol–water partition coefficient (Wildman–Crippen LogP) is 4.85. The lowest BCUT2D eigenvalue weighted by molar-refractivity contribution is -0.137. The van der Waals surface area contributed by atoms with Crippen molar-refractivity contribution in [2.45, 2.75) is 31.7 Å². The van der Waals surface area contributed by atoms with Gasteiger partial charge in [0.25, 0.3) is 0 Å². The molecule has 1 amide bonds. The van der Waals surface area contributed by atoms with Gasteiger partial charge in [-0.1, -0.05) is 11.6 Å². The van der Waals surface area contributed by atoms with Crippen molar-refractivity contribution < 1.29 is 28.9 Å². The first-order valence-corrected chi connectivity index (χ1v) is 11.7. The molecule has 2 heterocycles. The monoisotopic (exact) mass is 511 g/mol. The van der Waals surface area contributed by atoms with Crippen LogP contribution < -0.4 is 14.2 Å². The number of aliphatic carboxylic acids is 1. The number of pyridine rings is 1. The molecule has 10 heteroatoms. The van der Waals surface area contributed by atoms with Crippen LogP contribution in [0.1, 0.15) is 42.9 Å². The van der Waals surface area contributed by atoms with Gasteiger partial charge in [0.15, 0.2) is 11.5 Å². The minimum Gasteiger partial charge on any atom is -0.497 e. The molecule has 9 nitrogen and oxygen atoms in total. The lowest BCUT2D eigenvalue weighted by Crippen LogP contribution is -2.27. The number of rotatable bonds is 9. The second-order valence-electron chi connectivity index (χ2n) is 8.25. The Hall–Kier alpha value is -3.85. The van der Waals surface area contributed by atoms with E-state index in [1.54, 1.807) is 39.5 Å². The largest absolute Gasteiger partial charge is 0.497 e. The fourth-order valence-electron chi connectivity index (χ4n) is 4.18. The summed E-state index contributed by atoms with van der Waals surface area (Å²) in [7, 11) is 4.69. The van der Waals surface area contributed by atoms with Crippen molar-refractivity contribution in [2.75, 3.05) is 21.3 Å². The molecule has 0 spiro atoms. The van der Waals surface area contributed by atoms with Crippen molar-refractivity contribution in [1.29, 1.82) is 0 Å². The molecule has 188 valence electrons. The van der Waals surface area contributed by atoms with Crippen LogP contribution >= 0.6 is 11.6 Å². The quantitative estimate of drug-likeness (QED) is 0.409. The Morgan fingerprint density at radius 3 is 2.50 bits per heavy atom. The van der Waals surface area contributed by atoms with Gasteiger partial charge in [-0.2, -0.15) is 5.10 Å². The maximum Gasteiger partial charge on any atom is 0.303 e. The molecular formula is C26H26ClN3O6. The number of hydrogen-bond donors (Lipinski definition) is 1. The van der Waals surface area contributed by atoms with Gasteiger partial charge in [0.05, 0.1) is 38.6 Å². The summed E-state index contributed by atoms with van der Waals surface area (Å²) in [4.78, 5) is 28.7. The molecule has 1 N–H and O–H groups in total. The van der Waals surface area contributed by atoms with E-state index >= 15 is 0 Å². The fraction of sp³-hybridized carbons (Fsp3) is 0.308. The molecule has 0 saturated carbocycles. The van der Waals surface area contributed by atoms with Gasteiger partial charge < -0.3 is 19.3 Å². The Morgan fingerprint density at radius 2 is 1.81 bits per heavy atom. The van der Waals surface area contributed by atoms with Crippen LogP contribution in [-0.2, 0) is 9.59 Å². The number of ether oxygens (including phenoxy) is 3. The molecule has 36 heavy (non-hydrogen) atoms. The zero-order chi connectivity index (χ0) is 25.8. The molecule has 2 aromatic carbocycles. The third-order valence-electron chi connectivity index (χ3n) is 6.03. The van der Waals surface area contributed by atoms with Crippen molar-refractivity contribution in [2.24, 2.45) is 5.10 Å². The molecule has 0 unspecified atom stereocenters. The summed E-state index contributed by atoms with van der Waals surface area (Å²) in [6.45, 7) is 0. The highest BCUT2D eigenvalue weighted by molar-refractivity contribution is 6.30. The minimum absolute atomic E-state index is 0.0430. The van der Waals surface area contributed by atoms with Crippen LogP contribution in [0, 0.1) is 0 Å². The summed E-state index contributed by atoms with van der Waals surface area (Å²) in [6.07, 6.45) is 0.545. The lowest BCUT2D eigenvalue weighted by Gasteiger charge is -2.23. The molecule has 1 aromatic heterocycles. The number of carbonyl (C=O) groups excluding carboxylic acids is 1. The van der Waals surface area contributed by atoms with E-state index in [2.05, 4.69) is 10.1 Å². The highest BCUT2D eigenvalue weighted by Crippen LogP contribution is 2.39. The number of hydrazone groups is 1. The first-order chi connectivity index (χ1) is 17.3. The van der Waals surface area contributed by atoms with Gasteiger partial charge in [-0.25, -0.2) is 9.99 Å². The smallest absolute Gasteiger partial charge is 0.303 e. The first kappa shape index (κ1) is 25.2. The normalized spacial score (nSPS) is 15.1. The summed E-state index contributed by atoms with van der Waals surface area (Å²) in [5.74, 6) is 0.541. The standard InChI is InChI=1S/C26H26ClN3O6/c1-34-17-9-7-15-11-18(26(27)28-19(15)13-17)21-14-20(16-8-10-22(35-2)23(12-16)36-3)29-30(21)24(31)5-4-6-25(32)33/h7-13,21H,4-6,14H2,1-3H3,(H,32,33)/t21-/m0/s1. The molecule has 0 radical (unpaired) electrons. The van der Waals surface area contributed by atoms with Gasteiger partial charge in [0, 0.05) is 41.8 Å². The van der Waals surface area contributed by atoms with Crippen molar-refractivity contribution in [3.05, 3.63) is 58.7 Å². The van der Waals surface area contributed by atoms with Crippen LogP contribution in [0.4, 0.5) is 0 Å². The lowest BCUT2D eigenvalue weighted by atomic mass is 9.98. The number of carbonyl (C=O) groups is 2. The Bertz CT molecular complexity index is 1340. The number of benzene rings is 2.